The lowest BCUT2D eigenvalue weighted by Gasteiger charge is -2.28. The molecule has 0 amide bonds. The molecule has 1 aromatic carbocycles. The van der Waals surface area contributed by atoms with Crippen LogP contribution in [0.5, 0.6) is 0 Å². The molecule has 1 unspecified atom stereocenters. The van der Waals surface area contributed by atoms with E-state index in [0.717, 1.165) is 10.2 Å². The van der Waals surface area contributed by atoms with E-state index >= 15 is 0 Å². The van der Waals surface area contributed by atoms with Crippen LogP contribution in [-0.2, 0) is 0 Å². The molecular weight excluding hydrogens is 266 g/mol. The standard InChI is InChI=1S/C13H20BrNO/c1-9(2)13(4,16)8-15-12-6-5-11(14)7-10(12)3/h5-7,9,15-16H,8H2,1-4H3. The summed E-state index contributed by atoms with van der Waals surface area (Å²) in [6.07, 6.45) is 0. The van der Waals surface area contributed by atoms with E-state index in [9.17, 15) is 5.11 Å². The molecule has 1 atom stereocenters. The number of anilines is 1. The largest absolute Gasteiger partial charge is 0.388 e. The molecule has 16 heavy (non-hydrogen) atoms. The van der Waals surface area contributed by atoms with Gasteiger partial charge in [-0.3, -0.25) is 0 Å². The summed E-state index contributed by atoms with van der Waals surface area (Å²) in [6, 6.07) is 6.08. The summed E-state index contributed by atoms with van der Waals surface area (Å²) >= 11 is 3.43. The summed E-state index contributed by atoms with van der Waals surface area (Å²) < 4.78 is 1.08. The molecule has 3 heteroatoms. The molecule has 0 fully saturated rings. The van der Waals surface area contributed by atoms with Crippen molar-refractivity contribution in [1.82, 2.24) is 0 Å². The van der Waals surface area contributed by atoms with E-state index in [0.29, 0.717) is 6.54 Å². The lowest BCUT2D eigenvalue weighted by molar-refractivity contribution is 0.0266. The van der Waals surface area contributed by atoms with Crippen molar-refractivity contribution in [2.24, 2.45) is 5.92 Å². The van der Waals surface area contributed by atoms with Gasteiger partial charge in [0.25, 0.3) is 0 Å². The predicted molar refractivity (Wildman–Crippen MR) is 72.8 cm³/mol. The van der Waals surface area contributed by atoms with Gasteiger partial charge < -0.3 is 10.4 Å². The van der Waals surface area contributed by atoms with Crippen LogP contribution in [0.1, 0.15) is 26.3 Å². The SMILES string of the molecule is Cc1cc(Br)ccc1NCC(C)(O)C(C)C. The molecule has 2 N–H and O–H groups in total. The number of benzene rings is 1. The van der Waals surface area contributed by atoms with Crippen molar-refractivity contribution < 1.29 is 5.11 Å². The van der Waals surface area contributed by atoms with Crippen molar-refractivity contribution in [2.45, 2.75) is 33.3 Å². The maximum atomic E-state index is 10.1. The van der Waals surface area contributed by atoms with E-state index in [1.54, 1.807) is 0 Å². The first-order valence-electron chi connectivity index (χ1n) is 5.55. The number of hydrogen-bond acceptors (Lipinski definition) is 2. The van der Waals surface area contributed by atoms with Crippen molar-refractivity contribution in [3.63, 3.8) is 0 Å². The summed E-state index contributed by atoms with van der Waals surface area (Å²) in [7, 11) is 0. The molecule has 90 valence electrons. The first kappa shape index (κ1) is 13.5. The second kappa shape index (κ2) is 5.19. The molecule has 0 saturated heterocycles. The lowest BCUT2D eigenvalue weighted by Crippen LogP contribution is -2.38. The number of hydrogen-bond donors (Lipinski definition) is 2. The zero-order chi connectivity index (χ0) is 12.3. The van der Waals surface area contributed by atoms with Crippen molar-refractivity contribution in [3.8, 4) is 0 Å². The number of rotatable bonds is 4. The number of aliphatic hydroxyl groups is 1. The van der Waals surface area contributed by atoms with Crippen LogP contribution < -0.4 is 5.32 Å². The Bertz CT molecular complexity index is 361. The zero-order valence-corrected chi connectivity index (χ0v) is 11.9. The Labute approximate surface area is 106 Å². The van der Waals surface area contributed by atoms with Gasteiger partial charge >= 0.3 is 0 Å². The van der Waals surface area contributed by atoms with E-state index in [2.05, 4.69) is 34.2 Å². The predicted octanol–water partition coefficient (Wildman–Crippen LogP) is 3.58. The maximum absolute atomic E-state index is 10.1. The lowest BCUT2D eigenvalue weighted by atomic mass is 9.92. The van der Waals surface area contributed by atoms with Crippen molar-refractivity contribution in [3.05, 3.63) is 28.2 Å². The fourth-order valence-electron chi connectivity index (χ4n) is 1.30. The molecule has 0 aromatic heterocycles. The second-order valence-electron chi connectivity index (χ2n) is 4.82. The Kier molecular flexibility index (Phi) is 4.39. The topological polar surface area (TPSA) is 32.3 Å². The highest BCUT2D eigenvalue weighted by Crippen LogP contribution is 2.22. The van der Waals surface area contributed by atoms with Gasteiger partial charge in [-0.1, -0.05) is 29.8 Å². The molecule has 0 aliphatic rings. The highest BCUT2D eigenvalue weighted by molar-refractivity contribution is 9.10. The Balaban J connectivity index is 2.68. The Morgan fingerprint density at radius 1 is 1.44 bits per heavy atom. The Hall–Kier alpha value is -0.540. The number of halogens is 1. The van der Waals surface area contributed by atoms with E-state index < -0.39 is 5.60 Å². The average Bonchev–Trinajstić information content (AvgIpc) is 2.16. The third-order valence-electron chi connectivity index (χ3n) is 3.07. The highest BCUT2D eigenvalue weighted by atomic mass is 79.9. The van der Waals surface area contributed by atoms with Gasteiger partial charge in [0.05, 0.1) is 5.60 Å². The van der Waals surface area contributed by atoms with Crippen molar-refractivity contribution in [2.75, 3.05) is 11.9 Å². The van der Waals surface area contributed by atoms with Crippen LogP contribution in [-0.4, -0.2) is 17.3 Å². The molecule has 0 bridgehead atoms. The molecule has 2 nitrogen and oxygen atoms in total. The minimum atomic E-state index is -0.681. The summed E-state index contributed by atoms with van der Waals surface area (Å²) in [5.41, 5.74) is 1.57. The third kappa shape index (κ3) is 3.49. The van der Waals surface area contributed by atoms with Gasteiger partial charge in [0.1, 0.15) is 0 Å². The summed E-state index contributed by atoms with van der Waals surface area (Å²) in [6.45, 7) is 8.52. The number of aryl methyl sites for hydroxylation is 1. The highest BCUT2D eigenvalue weighted by Gasteiger charge is 2.24. The average molecular weight is 286 g/mol. The quantitative estimate of drug-likeness (QED) is 0.886. The summed E-state index contributed by atoms with van der Waals surface area (Å²) in [5, 5.41) is 13.4. The molecule has 0 aliphatic carbocycles. The maximum Gasteiger partial charge on any atom is 0.0813 e. The van der Waals surface area contributed by atoms with Gasteiger partial charge in [-0.25, -0.2) is 0 Å². The summed E-state index contributed by atoms with van der Waals surface area (Å²) in [5.74, 6) is 0.232. The molecule has 0 saturated carbocycles. The molecule has 1 aromatic rings. The van der Waals surface area contributed by atoms with Crippen molar-refractivity contribution in [1.29, 1.82) is 0 Å². The van der Waals surface area contributed by atoms with Crippen LogP contribution in [0.4, 0.5) is 5.69 Å². The zero-order valence-electron chi connectivity index (χ0n) is 10.3. The fraction of sp³-hybridized carbons (Fsp3) is 0.538. The minimum absolute atomic E-state index is 0.232. The molecule has 0 radical (unpaired) electrons. The second-order valence-corrected chi connectivity index (χ2v) is 5.74. The third-order valence-corrected chi connectivity index (χ3v) is 3.56. The smallest absolute Gasteiger partial charge is 0.0813 e. The van der Waals surface area contributed by atoms with E-state index in [-0.39, 0.29) is 5.92 Å². The first-order valence-corrected chi connectivity index (χ1v) is 6.34. The van der Waals surface area contributed by atoms with Gasteiger partial charge in [0.2, 0.25) is 0 Å². The van der Waals surface area contributed by atoms with Crippen LogP contribution in [0.2, 0.25) is 0 Å². The Morgan fingerprint density at radius 3 is 2.56 bits per heavy atom. The van der Waals surface area contributed by atoms with Gasteiger partial charge in [-0.05, 0) is 43.5 Å². The van der Waals surface area contributed by atoms with Crippen LogP contribution in [0.3, 0.4) is 0 Å². The van der Waals surface area contributed by atoms with Crippen LogP contribution in [0.15, 0.2) is 22.7 Å². The molecular formula is C13H20BrNO. The van der Waals surface area contributed by atoms with Gasteiger partial charge in [0, 0.05) is 16.7 Å². The van der Waals surface area contributed by atoms with Gasteiger partial charge in [-0.15, -0.1) is 0 Å². The van der Waals surface area contributed by atoms with Crippen molar-refractivity contribution >= 4 is 21.6 Å². The van der Waals surface area contributed by atoms with E-state index in [4.69, 9.17) is 0 Å². The summed E-state index contributed by atoms with van der Waals surface area (Å²) in [4.78, 5) is 0. The molecule has 0 heterocycles. The molecule has 1 rings (SSSR count). The van der Waals surface area contributed by atoms with Crippen LogP contribution in [0, 0.1) is 12.8 Å². The van der Waals surface area contributed by atoms with E-state index in [1.807, 2.05) is 32.9 Å². The minimum Gasteiger partial charge on any atom is -0.388 e. The molecule has 0 aliphatic heterocycles. The monoisotopic (exact) mass is 285 g/mol. The van der Waals surface area contributed by atoms with Gasteiger partial charge in [0.15, 0.2) is 0 Å². The fourth-order valence-corrected chi connectivity index (χ4v) is 1.78. The van der Waals surface area contributed by atoms with Gasteiger partial charge in [-0.2, -0.15) is 0 Å². The normalized spacial score (nSPS) is 14.9. The first-order chi connectivity index (χ1) is 7.33. The van der Waals surface area contributed by atoms with Crippen LogP contribution >= 0.6 is 15.9 Å². The number of nitrogens with one attached hydrogen (secondary N) is 1. The van der Waals surface area contributed by atoms with Crippen LogP contribution in [0.25, 0.3) is 0 Å². The Morgan fingerprint density at radius 2 is 2.06 bits per heavy atom. The van der Waals surface area contributed by atoms with E-state index in [1.165, 1.54) is 5.56 Å². The molecule has 0 spiro atoms.